The van der Waals surface area contributed by atoms with E-state index >= 15 is 0 Å². The molecule has 98 valence electrons. The van der Waals surface area contributed by atoms with Gasteiger partial charge in [0.05, 0.1) is 0 Å². The molecule has 1 saturated carbocycles. The lowest BCUT2D eigenvalue weighted by molar-refractivity contribution is 0.0951. The Hall–Kier alpha value is -1.58. The summed E-state index contributed by atoms with van der Waals surface area (Å²) >= 11 is 0. The Morgan fingerprint density at radius 1 is 1.50 bits per heavy atom. The normalized spacial score (nSPS) is 21.5. The van der Waals surface area contributed by atoms with Crippen LogP contribution < -0.4 is 10.6 Å². The van der Waals surface area contributed by atoms with Gasteiger partial charge in [0.15, 0.2) is 0 Å². The molecule has 4 heteroatoms. The molecule has 2 N–H and O–H groups in total. The van der Waals surface area contributed by atoms with Crippen LogP contribution in [0.3, 0.4) is 0 Å². The zero-order valence-corrected chi connectivity index (χ0v) is 11.3. The highest BCUT2D eigenvalue weighted by Gasteiger charge is 2.32. The Kier molecular flexibility index (Phi) is 3.84. The van der Waals surface area contributed by atoms with Gasteiger partial charge >= 0.3 is 0 Å². The summed E-state index contributed by atoms with van der Waals surface area (Å²) in [4.78, 5) is 16.4. The zero-order valence-electron chi connectivity index (χ0n) is 11.3. The molecule has 1 aliphatic carbocycles. The number of aryl methyl sites for hydroxylation is 1. The van der Waals surface area contributed by atoms with Gasteiger partial charge in [-0.15, -0.1) is 0 Å². The number of anilines is 1. The number of nitrogens with one attached hydrogen (secondary N) is 2. The third-order valence-corrected chi connectivity index (χ3v) is 3.37. The van der Waals surface area contributed by atoms with Gasteiger partial charge in [-0.3, -0.25) is 4.79 Å². The summed E-state index contributed by atoms with van der Waals surface area (Å²) < 4.78 is 0. The summed E-state index contributed by atoms with van der Waals surface area (Å²) in [7, 11) is 0. The van der Waals surface area contributed by atoms with Crippen LogP contribution >= 0.6 is 0 Å². The first-order chi connectivity index (χ1) is 8.60. The molecular formula is C14H21N3O. The average Bonchev–Trinajstić information content (AvgIpc) is 3.02. The largest absolute Gasteiger partial charge is 0.370 e. The summed E-state index contributed by atoms with van der Waals surface area (Å²) in [6, 6.07) is 3.63. The molecule has 18 heavy (non-hydrogen) atoms. The molecule has 4 nitrogen and oxygen atoms in total. The summed E-state index contributed by atoms with van der Waals surface area (Å²) in [6.07, 6.45) is 1.23. The van der Waals surface area contributed by atoms with E-state index in [9.17, 15) is 4.79 Å². The van der Waals surface area contributed by atoms with Gasteiger partial charge in [0.25, 0.3) is 5.91 Å². The monoisotopic (exact) mass is 247 g/mol. The summed E-state index contributed by atoms with van der Waals surface area (Å²) in [5, 5.41) is 6.13. The predicted octanol–water partition coefficient (Wildman–Crippen LogP) is 2.21. The Bertz CT molecular complexity index is 445. The molecular weight excluding hydrogens is 226 g/mol. The molecule has 0 saturated heterocycles. The standard InChI is InChI=1S/C14H21N3O/c1-4-15-13-7-11(6-10(3)17-13)14(18)16-8-12-5-9(12)2/h6-7,9,12H,4-5,8H2,1-3H3,(H,15,17)(H,16,18). The van der Waals surface area contributed by atoms with Gasteiger partial charge in [0.1, 0.15) is 5.82 Å². The minimum Gasteiger partial charge on any atom is -0.370 e. The van der Waals surface area contributed by atoms with E-state index in [1.54, 1.807) is 0 Å². The van der Waals surface area contributed by atoms with E-state index in [4.69, 9.17) is 0 Å². The first kappa shape index (κ1) is 12.9. The SMILES string of the molecule is CCNc1cc(C(=O)NCC2CC2C)cc(C)n1. The Balaban J connectivity index is 1.99. The van der Waals surface area contributed by atoms with E-state index in [0.717, 1.165) is 30.5 Å². The highest BCUT2D eigenvalue weighted by molar-refractivity contribution is 5.95. The molecule has 2 rings (SSSR count). The second kappa shape index (κ2) is 5.38. The molecule has 0 radical (unpaired) electrons. The van der Waals surface area contributed by atoms with Crippen LogP contribution in [0.15, 0.2) is 12.1 Å². The fourth-order valence-electron chi connectivity index (χ4n) is 2.08. The van der Waals surface area contributed by atoms with Crippen molar-refractivity contribution in [1.29, 1.82) is 0 Å². The molecule has 1 aromatic rings. The number of carbonyl (C=O) groups is 1. The fraction of sp³-hybridized carbons (Fsp3) is 0.571. The van der Waals surface area contributed by atoms with Crippen molar-refractivity contribution in [2.45, 2.75) is 27.2 Å². The van der Waals surface area contributed by atoms with Gasteiger partial charge in [-0.05, 0) is 44.2 Å². The first-order valence-corrected chi connectivity index (χ1v) is 6.61. The number of hydrogen-bond donors (Lipinski definition) is 2. The molecule has 1 fully saturated rings. The van der Waals surface area contributed by atoms with E-state index in [0.29, 0.717) is 11.5 Å². The molecule has 1 aromatic heterocycles. The maximum atomic E-state index is 12.0. The van der Waals surface area contributed by atoms with Crippen LogP contribution in [0.1, 0.15) is 36.3 Å². The topological polar surface area (TPSA) is 54.0 Å². The smallest absolute Gasteiger partial charge is 0.251 e. The Labute approximate surface area is 108 Å². The van der Waals surface area contributed by atoms with Gasteiger partial charge in [-0.2, -0.15) is 0 Å². The lowest BCUT2D eigenvalue weighted by atomic mass is 10.2. The van der Waals surface area contributed by atoms with E-state index in [2.05, 4.69) is 22.5 Å². The number of rotatable bonds is 5. The van der Waals surface area contributed by atoms with Crippen LogP contribution in [-0.2, 0) is 0 Å². The number of aromatic nitrogens is 1. The molecule has 0 bridgehead atoms. The highest BCUT2D eigenvalue weighted by Crippen LogP contribution is 2.36. The highest BCUT2D eigenvalue weighted by atomic mass is 16.1. The molecule has 0 spiro atoms. The van der Waals surface area contributed by atoms with E-state index in [1.165, 1.54) is 6.42 Å². The molecule has 0 aliphatic heterocycles. The Morgan fingerprint density at radius 3 is 2.83 bits per heavy atom. The lowest BCUT2D eigenvalue weighted by Crippen LogP contribution is -2.26. The first-order valence-electron chi connectivity index (χ1n) is 6.61. The molecule has 2 atom stereocenters. The van der Waals surface area contributed by atoms with Crippen molar-refractivity contribution in [3.63, 3.8) is 0 Å². The van der Waals surface area contributed by atoms with Crippen molar-refractivity contribution in [3.8, 4) is 0 Å². The number of pyridine rings is 1. The van der Waals surface area contributed by atoms with Crippen LogP contribution in [-0.4, -0.2) is 24.0 Å². The quantitative estimate of drug-likeness (QED) is 0.838. The average molecular weight is 247 g/mol. The second-order valence-corrected chi connectivity index (χ2v) is 5.10. The number of hydrogen-bond acceptors (Lipinski definition) is 3. The minimum atomic E-state index is -0.00115. The van der Waals surface area contributed by atoms with Crippen LogP contribution in [0, 0.1) is 18.8 Å². The molecule has 1 heterocycles. The van der Waals surface area contributed by atoms with Gasteiger partial charge in [0.2, 0.25) is 0 Å². The minimum absolute atomic E-state index is 0.00115. The van der Waals surface area contributed by atoms with Crippen LogP contribution in [0.4, 0.5) is 5.82 Å². The van der Waals surface area contributed by atoms with Gasteiger partial charge in [0, 0.05) is 24.3 Å². The van der Waals surface area contributed by atoms with Crippen molar-refractivity contribution in [3.05, 3.63) is 23.4 Å². The van der Waals surface area contributed by atoms with Gasteiger partial charge in [-0.25, -0.2) is 4.98 Å². The third kappa shape index (κ3) is 3.22. The summed E-state index contributed by atoms with van der Waals surface area (Å²) in [5.41, 5.74) is 1.55. The summed E-state index contributed by atoms with van der Waals surface area (Å²) in [6.45, 7) is 7.73. The number of nitrogens with zero attached hydrogens (tertiary/aromatic N) is 1. The lowest BCUT2D eigenvalue weighted by Gasteiger charge is -2.08. The molecule has 1 amide bonds. The zero-order chi connectivity index (χ0) is 13.1. The molecule has 2 unspecified atom stereocenters. The summed E-state index contributed by atoms with van der Waals surface area (Å²) in [5.74, 6) is 2.20. The molecule has 0 aromatic carbocycles. The van der Waals surface area contributed by atoms with E-state index in [-0.39, 0.29) is 5.91 Å². The second-order valence-electron chi connectivity index (χ2n) is 5.10. The van der Waals surface area contributed by atoms with Crippen molar-refractivity contribution < 1.29 is 4.79 Å². The van der Waals surface area contributed by atoms with Crippen molar-refractivity contribution in [1.82, 2.24) is 10.3 Å². The third-order valence-electron chi connectivity index (χ3n) is 3.37. The Morgan fingerprint density at radius 2 is 2.22 bits per heavy atom. The van der Waals surface area contributed by atoms with Gasteiger partial charge < -0.3 is 10.6 Å². The van der Waals surface area contributed by atoms with Crippen LogP contribution in [0.2, 0.25) is 0 Å². The number of amides is 1. The predicted molar refractivity (Wildman–Crippen MR) is 72.7 cm³/mol. The van der Waals surface area contributed by atoms with Crippen LogP contribution in [0.25, 0.3) is 0 Å². The van der Waals surface area contributed by atoms with E-state index < -0.39 is 0 Å². The maximum Gasteiger partial charge on any atom is 0.251 e. The van der Waals surface area contributed by atoms with Crippen molar-refractivity contribution >= 4 is 11.7 Å². The fourth-order valence-corrected chi connectivity index (χ4v) is 2.08. The maximum absolute atomic E-state index is 12.0. The molecule has 1 aliphatic rings. The van der Waals surface area contributed by atoms with Crippen molar-refractivity contribution in [2.75, 3.05) is 18.4 Å². The van der Waals surface area contributed by atoms with Crippen molar-refractivity contribution in [2.24, 2.45) is 11.8 Å². The number of carbonyl (C=O) groups excluding carboxylic acids is 1. The van der Waals surface area contributed by atoms with Crippen LogP contribution in [0.5, 0.6) is 0 Å². The van der Waals surface area contributed by atoms with Gasteiger partial charge in [-0.1, -0.05) is 6.92 Å². The van der Waals surface area contributed by atoms with E-state index in [1.807, 2.05) is 26.0 Å².